The molecule has 0 N–H and O–H groups in total. The molecule has 1 atom stereocenters. The molecule has 132 valence electrons. The van der Waals surface area contributed by atoms with Crippen LogP contribution in [-0.4, -0.2) is 37.3 Å². The first-order valence-corrected chi connectivity index (χ1v) is 9.76. The van der Waals surface area contributed by atoms with E-state index in [-0.39, 0.29) is 5.91 Å². The molecule has 1 unspecified atom stereocenters. The molecule has 0 aliphatic carbocycles. The van der Waals surface area contributed by atoms with Crippen LogP contribution in [0.5, 0.6) is 0 Å². The molecule has 0 bridgehead atoms. The summed E-state index contributed by atoms with van der Waals surface area (Å²) in [6, 6.07) is 9.46. The van der Waals surface area contributed by atoms with Crippen LogP contribution in [-0.2, 0) is 23.2 Å². The average molecular weight is 353 g/mol. The molecule has 6 nitrogen and oxygen atoms in total. The molecule has 0 radical (unpaired) electrons. The summed E-state index contributed by atoms with van der Waals surface area (Å²) in [4.78, 5) is 17.2. The van der Waals surface area contributed by atoms with Gasteiger partial charge in [-0.1, -0.05) is 36.4 Å². The van der Waals surface area contributed by atoms with Gasteiger partial charge in [-0.3, -0.25) is 14.2 Å². The number of nitrogens with zero attached hydrogens (tertiary/aromatic N) is 1. The van der Waals surface area contributed by atoms with Gasteiger partial charge in [-0.25, -0.2) is 5.06 Å². The third-order valence-electron chi connectivity index (χ3n) is 3.62. The number of rotatable bonds is 9. The molecule has 1 aromatic rings. The second-order valence-corrected chi connectivity index (χ2v) is 7.45. The summed E-state index contributed by atoms with van der Waals surface area (Å²) in [7, 11) is -3.35. The van der Waals surface area contributed by atoms with Gasteiger partial charge < -0.3 is 9.05 Å². The van der Waals surface area contributed by atoms with Crippen LogP contribution >= 0.6 is 7.60 Å². The van der Waals surface area contributed by atoms with Gasteiger partial charge in [-0.15, -0.1) is 0 Å². The normalized spacial score (nSPS) is 16.4. The Kier molecular flexibility index (Phi) is 7.18. The highest BCUT2D eigenvalue weighted by Crippen LogP contribution is 2.62. The Morgan fingerprint density at radius 1 is 1.21 bits per heavy atom. The third kappa shape index (κ3) is 4.77. The Morgan fingerprint density at radius 3 is 2.46 bits per heavy atom. The van der Waals surface area contributed by atoms with Crippen LogP contribution < -0.4 is 0 Å². The van der Waals surface area contributed by atoms with E-state index in [1.165, 1.54) is 11.1 Å². The number of benzene rings is 1. The highest BCUT2D eigenvalue weighted by Gasteiger charge is 2.37. The standard InChI is InChI=1S/C17H24NO5P/c1-3-22-24(20,23-4-2)16(15-9-6-5-7-10-15)12-13-18-17(19)11-8-14-21-18/h5-11,16H,3-4,12-14H2,1-2H3. The molecule has 0 saturated carbocycles. The monoisotopic (exact) mass is 353 g/mol. The van der Waals surface area contributed by atoms with Gasteiger partial charge >= 0.3 is 7.60 Å². The van der Waals surface area contributed by atoms with Crippen LogP contribution in [0.3, 0.4) is 0 Å². The maximum Gasteiger partial charge on any atom is 0.338 e. The van der Waals surface area contributed by atoms with Gasteiger partial charge in [0.2, 0.25) is 0 Å². The van der Waals surface area contributed by atoms with E-state index in [4.69, 9.17) is 13.9 Å². The number of hydrogen-bond donors (Lipinski definition) is 0. The minimum atomic E-state index is -3.35. The van der Waals surface area contributed by atoms with Crippen molar-refractivity contribution >= 4 is 13.5 Å². The van der Waals surface area contributed by atoms with Gasteiger partial charge in [-0.2, -0.15) is 0 Å². The maximum atomic E-state index is 13.3. The number of hydroxylamine groups is 2. The smallest absolute Gasteiger partial charge is 0.308 e. The minimum Gasteiger partial charge on any atom is -0.308 e. The van der Waals surface area contributed by atoms with Crippen molar-refractivity contribution in [2.75, 3.05) is 26.4 Å². The minimum absolute atomic E-state index is 0.212. The largest absolute Gasteiger partial charge is 0.338 e. The quantitative estimate of drug-likeness (QED) is 0.633. The highest BCUT2D eigenvalue weighted by atomic mass is 31.2. The van der Waals surface area contributed by atoms with Crippen LogP contribution in [0.4, 0.5) is 0 Å². The zero-order valence-corrected chi connectivity index (χ0v) is 15.0. The SMILES string of the molecule is CCOP(=O)(OCC)C(CCN1OCC=CC1=O)c1ccccc1. The predicted molar refractivity (Wildman–Crippen MR) is 91.5 cm³/mol. The molecule has 24 heavy (non-hydrogen) atoms. The Morgan fingerprint density at radius 2 is 1.88 bits per heavy atom. The lowest BCUT2D eigenvalue weighted by Crippen LogP contribution is -2.34. The van der Waals surface area contributed by atoms with E-state index in [1.54, 1.807) is 19.9 Å². The van der Waals surface area contributed by atoms with E-state index in [0.717, 1.165) is 5.56 Å². The van der Waals surface area contributed by atoms with E-state index in [1.807, 2.05) is 30.3 Å². The molecule has 7 heteroatoms. The molecule has 1 amide bonds. The first-order chi connectivity index (χ1) is 11.6. The Hall–Kier alpha value is -1.46. The van der Waals surface area contributed by atoms with Crippen molar-refractivity contribution in [1.82, 2.24) is 5.06 Å². The zero-order chi connectivity index (χ0) is 17.4. The highest BCUT2D eigenvalue weighted by molar-refractivity contribution is 7.54. The Balaban J connectivity index is 2.21. The fraction of sp³-hybridized carbons (Fsp3) is 0.471. The molecule has 1 heterocycles. The summed E-state index contributed by atoms with van der Waals surface area (Å²) < 4.78 is 24.3. The Labute approximate surface area is 142 Å². The van der Waals surface area contributed by atoms with Crippen molar-refractivity contribution in [1.29, 1.82) is 0 Å². The van der Waals surface area contributed by atoms with Crippen molar-refractivity contribution in [3.63, 3.8) is 0 Å². The second kappa shape index (κ2) is 9.14. The van der Waals surface area contributed by atoms with Gasteiger partial charge in [0.15, 0.2) is 0 Å². The van der Waals surface area contributed by atoms with Gasteiger partial charge in [0.25, 0.3) is 5.91 Å². The van der Waals surface area contributed by atoms with Gasteiger partial charge in [0.1, 0.15) is 0 Å². The summed E-state index contributed by atoms with van der Waals surface area (Å²) in [5.41, 5.74) is 0.406. The summed E-state index contributed by atoms with van der Waals surface area (Å²) in [6.45, 7) is 4.83. The zero-order valence-electron chi connectivity index (χ0n) is 14.1. The molecular weight excluding hydrogens is 329 g/mol. The molecule has 0 spiro atoms. The lowest BCUT2D eigenvalue weighted by atomic mass is 10.1. The average Bonchev–Trinajstić information content (AvgIpc) is 2.58. The molecular formula is C17H24NO5P. The second-order valence-electron chi connectivity index (χ2n) is 5.23. The Bertz CT molecular complexity index is 594. The number of carbonyl (C=O) groups excluding carboxylic acids is 1. The first kappa shape index (κ1) is 18.9. The van der Waals surface area contributed by atoms with Crippen molar-refractivity contribution < 1.29 is 23.2 Å². The van der Waals surface area contributed by atoms with E-state index in [9.17, 15) is 9.36 Å². The fourth-order valence-electron chi connectivity index (χ4n) is 2.60. The van der Waals surface area contributed by atoms with Gasteiger partial charge in [0, 0.05) is 6.08 Å². The summed E-state index contributed by atoms with van der Waals surface area (Å²) in [6.07, 6.45) is 3.56. The van der Waals surface area contributed by atoms with Crippen LogP contribution in [0.2, 0.25) is 0 Å². The van der Waals surface area contributed by atoms with Crippen LogP contribution in [0.25, 0.3) is 0 Å². The van der Waals surface area contributed by atoms with Crippen molar-refractivity contribution in [3.8, 4) is 0 Å². The van der Waals surface area contributed by atoms with Crippen molar-refractivity contribution in [2.24, 2.45) is 0 Å². The third-order valence-corrected chi connectivity index (χ3v) is 6.18. The lowest BCUT2D eigenvalue weighted by molar-refractivity contribution is -0.180. The van der Waals surface area contributed by atoms with E-state index in [0.29, 0.717) is 32.8 Å². The molecule has 0 saturated heterocycles. The van der Waals surface area contributed by atoms with Gasteiger partial charge in [0.05, 0.1) is 32.0 Å². The summed E-state index contributed by atoms with van der Waals surface area (Å²) in [5, 5.41) is 1.29. The van der Waals surface area contributed by atoms with Crippen LogP contribution in [0.1, 0.15) is 31.5 Å². The maximum absolute atomic E-state index is 13.3. The van der Waals surface area contributed by atoms with E-state index in [2.05, 4.69) is 0 Å². The summed E-state index contributed by atoms with van der Waals surface area (Å²) >= 11 is 0. The topological polar surface area (TPSA) is 65.1 Å². The number of carbonyl (C=O) groups is 1. The first-order valence-electron chi connectivity index (χ1n) is 8.15. The summed E-state index contributed by atoms with van der Waals surface area (Å²) in [5.74, 6) is -0.212. The molecule has 0 aromatic heterocycles. The molecule has 2 rings (SSSR count). The number of hydrogen-bond acceptors (Lipinski definition) is 5. The van der Waals surface area contributed by atoms with E-state index < -0.39 is 13.3 Å². The molecule has 1 aliphatic rings. The molecule has 1 aromatic carbocycles. The predicted octanol–water partition coefficient (Wildman–Crippen LogP) is 3.71. The van der Waals surface area contributed by atoms with Crippen LogP contribution in [0.15, 0.2) is 42.5 Å². The molecule has 0 fully saturated rings. The van der Waals surface area contributed by atoms with E-state index >= 15 is 0 Å². The number of amides is 1. The van der Waals surface area contributed by atoms with Crippen molar-refractivity contribution in [3.05, 3.63) is 48.0 Å². The molecule has 1 aliphatic heterocycles. The van der Waals surface area contributed by atoms with Gasteiger partial charge in [-0.05, 0) is 25.8 Å². The lowest BCUT2D eigenvalue weighted by Gasteiger charge is -2.29. The van der Waals surface area contributed by atoms with Crippen molar-refractivity contribution in [2.45, 2.75) is 25.9 Å². The van der Waals surface area contributed by atoms with Crippen LogP contribution in [0, 0.1) is 0 Å². The fourth-order valence-corrected chi connectivity index (χ4v) is 4.73.